The molecule has 0 unspecified atom stereocenters. The highest BCUT2D eigenvalue weighted by Crippen LogP contribution is 2.34. The molecule has 1 aliphatic rings. The van der Waals surface area contributed by atoms with Crippen molar-refractivity contribution in [3.8, 4) is 11.1 Å². The van der Waals surface area contributed by atoms with Gasteiger partial charge in [0.1, 0.15) is 0 Å². The number of aromatic nitrogens is 3. The summed E-state index contributed by atoms with van der Waals surface area (Å²) in [6.07, 6.45) is 3.77. The zero-order valence-electron chi connectivity index (χ0n) is 15.7. The lowest BCUT2D eigenvalue weighted by molar-refractivity contribution is 0.602. The van der Waals surface area contributed by atoms with E-state index < -0.39 is 10.0 Å². The van der Waals surface area contributed by atoms with Gasteiger partial charge in [-0.05, 0) is 61.9 Å². The molecule has 2 aromatic heterocycles. The Morgan fingerprint density at radius 1 is 1.18 bits per heavy atom. The first-order valence-corrected chi connectivity index (χ1v) is 10.9. The fourth-order valence-corrected chi connectivity index (χ4v) is 3.89. The highest BCUT2D eigenvalue weighted by molar-refractivity contribution is 7.92. The second-order valence-electron chi connectivity index (χ2n) is 7.31. The van der Waals surface area contributed by atoms with Crippen LogP contribution in [-0.2, 0) is 16.6 Å². The van der Waals surface area contributed by atoms with E-state index in [4.69, 9.17) is 0 Å². The molecule has 1 saturated carbocycles. The van der Waals surface area contributed by atoms with Crippen molar-refractivity contribution in [2.24, 2.45) is 5.92 Å². The van der Waals surface area contributed by atoms with Gasteiger partial charge in [0.05, 0.1) is 22.5 Å². The Bertz CT molecular complexity index is 1280. The van der Waals surface area contributed by atoms with E-state index in [9.17, 15) is 18.0 Å². The van der Waals surface area contributed by atoms with Crippen LogP contribution in [0.2, 0.25) is 0 Å². The molecule has 0 aliphatic heterocycles. The first-order valence-electron chi connectivity index (χ1n) is 9.24. The number of fused-ring (bicyclic) bond motifs is 1. The van der Waals surface area contributed by atoms with Crippen molar-refractivity contribution in [3.05, 3.63) is 50.8 Å². The molecule has 1 fully saturated rings. The maximum atomic E-state index is 12.5. The molecule has 28 heavy (non-hydrogen) atoms. The van der Waals surface area contributed by atoms with E-state index in [-0.39, 0.29) is 17.0 Å². The number of sulfonamides is 1. The first-order chi connectivity index (χ1) is 13.3. The van der Waals surface area contributed by atoms with Crippen LogP contribution in [0.3, 0.4) is 0 Å². The van der Waals surface area contributed by atoms with Crippen LogP contribution in [0.15, 0.2) is 34.0 Å². The van der Waals surface area contributed by atoms with Crippen LogP contribution < -0.4 is 16.0 Å². The molecule has 0 saturated heterocycles. The van der Waals surface area contributed by atoms with Crippen molar-refractivity contribution in [1.29, 1.82) is 0 Å². The maximum Gasteiger partial charge on any atom is 0.326 e. The number of hydrogen-bond donors (Lipinski definition) is 3. The minimum absolute atomic E-state index is 0.0799. The third kappa shape index (κ3) is 3.49. The van der Waals surface area contributed by atoms with E-state index in [0.717, 1.165) is 18.4 Å². The molecule has 0 bridgehead atoms. The standard InChI is InChI=1S/C19H22N4O4S/c1-3-28(26,27)22-15-7-13(14-6-11(2)18(24)20-9-14)8-16-17(15)21-19(25)23(16)10-12-4-5-12/h6-9,12,22H,3-5,10H2,1-2H3,(H,20,24)(H,21,25). The zero-order chi connectivity index (χ0) is 20.1. The predicted molar refractivity (Wildman–Crippen MR) is 109 cm³/mol. The minimum Gasteiger partial charge on any atom is -0.328 e. The molecule has 1 aliphatic carbocycles. The van der Waals surface area contributed by atoms with Gasteiger partial charge in [0.25, 0.3) is 5.56 Å². The molecule has 3 aromatic rings. The molecule has 2 heterocycles. The van der Waals surface area contributed by atoms with E-state index in [2.05, 4.69) is 14.7 Å². The number of pyridine rings is 1. The SMILES string of the molecule is CCS(=O)(=O)Nc1cc(-c2c[nH]c(=O)c(C)c2)cc2c1[nH]c(=O)n2CC1CC1. The lowest BCUT2D eigenvalue weighted by Crippen LogP contribution is -2.17. The van der Waals surface area contributed by atoms with Gasteiger partial charge in [-0.1, -0.05) is 0 Å². The van der Waals surface area contributed by atoms with Crippen LogP contribution in [0.4, 0.5) is 5.69 Å². The summed E-state index contributed by atoms with van der Waals surface area (Å²) in [5.41, 5.74) is 3.01. The summed E-state index contributed by atoms with van der Waals surface area (Å²) in [4.78, 5) is 29.7. The Balaban J connectivity index is 1.95. The van der Waals surface area contributed by atoms with Gasteiger partial charge in [-0.2, -0.15) is 0 Å². The van der Waals surface area contributed by atoms with Gasteiger partial charge in [-0.3, -0.25) is 14.1 Å². The Morgan fingerprint density at radius 2 is 1.93 bits per heavy atom. The van der Waals surface area contributed by atoms with Crippen molar-refractivity contribution < 1.29 is 8.42 Å². The van der Waals surface area contributed by atoms with Crippen LogP contribution >= 0.6 is 0 Å². The predicted octanol–water partition coefficient (Wildman–Crippen LogP) is 2.16. The molecule has 0 radical (unpaired) electrons. The third-order valence-corrected chi connectivity index (χ3v) is 6.38. The number of aryl methyl sites for hydroxylation is 1. The number of anilines is 1. The fraction of sp³-hybridized carbons (Fsp3) is 0.368. The average molecular weight is 402 g/mol. The molecule has 8 nitrogen and oxygen atoms in total. The van der Waals surface area contributed by atoms with Gasteiger partial charge in [-0.25, -0.2) is 13.2 Å². The van der Waals surface area contributed by atoms with Crippen molar-refractivity contribution >= 4 is 26.7 Å². The Hall–Kier alpha value is -2.81. The summed E-state index contributed by atoms with van der Waals surface area (Å²) >= 11 is 0. The second-order valence-corrected chi connectivity index (χ2v) is 9.32. The minimum atomic E-state index is -3.53. The van der Waals surface area contributed by atoms with Crippen LogP contribution in [0, 0.1) is 12.8 Å². The topological polar surface area (TPSA) is 117 Å². The number of aromatic amines is 2. The van der Waals surface area contributed by atoms with E-state index >= 15 is 0 Å². The van der Waals surface area contributed by atoms with Crippen LogP contribution in [0.1, 0.15) is 25.3 Å². The summed E-state index contributed by atoms with van der Waals surface area (Å²) < 4.78 is 28.6. The molecule has 0 spiro atoms. The number of hydrogen-bond acceptors (Lipinski definition) is 4. The summed E-state index contributed by atoms with van der Waals surface area (Å²) in [7, 11) is -3.53. The number of imidazole rings is 1. The largest absolute Gasteiger partial charge is 0.328 e. The molecule has 9 heteroatoms. The number of rotatable bonds is 6. The fourth-order valence-electron chi connectivity index (χ4n) is 3.25. The lowest BCUT2D eigenvalue weighted by Gasteiger charge is -2.11. The molecule has 1 aromatic carbocycles. The number of benzene rings is 1. The van der Waals surface area contributed by atoms with Gasteiger partial charge in [0, 0.05) is 18.3 Å². The van der Waals surface area contributed by atoms with Crippen molar-refractivity contribution in [2.75, 3.05) is 10.5 Å². The van der Waals surface area contributed by atoms with E-state index in [1.807, 2.05) is 6.07 Å². The average Bonchev–Trinajstić information content (AvgIpc) is 3.41. The summed E-state index contributed by atoms with van der Waals surface area (Å²) in [6.45, 7) is 3.86. The summed E-state index contributed by atoms with van der Waals surface area (Å²) in [5, 5.41) is 0. The lowest BCUT2D eigenvalue weighted by atomic mass is 10.0. The number of nitrogens with one attached hydrogen (secondary N) is 3. The number of nitrogens with zero attached hydrogens (tertiary/aromatic N) is 1. The molecule has 0 amide bonds. The van der Waals surface area contributed by atoms with Crippen LogP contribution in [0.5, 0.6) is 0 Å². The third-order valence-electron chi connectivity index (χ3n) is 5.09. The van der Waals surface area contributed by atoms with Crippen LogP contribution in [-0.4, -0.2) is 28.7 Å². The Kier molecular flexibility index (Phi) is 4.41. The van der Waals surface area contributed by atoms with Crippen molar-refractivity contribution in [2.45, 2.75) is 33.2 Å². The maximum absolute atomic E-state index is 12.5. The molecular formula is C19H22N4O4S. The first kappa shape index (κ1) is 18.5. The van der Waals surface area contributed by atoms with E-state index in [1.165, 1.54) is 0 Å². The molecule has 4 rings (SSSR count). The normalized spacial score (nSPS) is 14.5. The van der Waals surface area contributed by atoms with Crippen LogP contribution in [0.25, 0.3) is 22.2 Å². The van der Waals surface area contributed by atoms with Crippen molar-refractivity contribution in [3.63, 3.8) is 0 Å². The second kappa shape index (κ2) is 6.66. The highest BCUT2D eigenvalue weighted by Gasteiger charge is 2.25. The van der Waals surface area contributed by atoms with Gasteiger partial charge in [0.15, 0.2) is 0 Å². The smallest absolute Gasteiger partial charge is 0.326 e. The molecule has 0 atom stereocenters. The van der Waals surface area contributed by atoms with Gasteiger partial charge < -0.3 is 9.97 Å². The quantitative estimate of drug-likeness (QED) is 0.586. The zero-order valence-corrected chi connectivity index (χ0v) is 16.5. The van der Waals surface area contributed by atoms with Crippen molar-refractivity contribution in [1.82, 2.24) is 14.5 Å². The van der Waals surface area contributed by atoms with Gasteiger partial charge in [0.2, 0.25) is 10.0 Å². The molecule has 3 N–H and O–H groups in total. The molecule has 148 valence electrons. The molecular weight excluding hydrogens is 380 g/mol. The van der Waals surface area contributed by atoms with Gasteiger partial charge >= 0.3 is 5.69 Å². The highest BCUT2D eigenvalue weighted by atomic mass is 32.2. The Labute approximate surface area is 161 Å². The van der Waals surface area contributed by atoms with E-state index in [1.54, 1.807) is 36.7 Å². The van der Waals surface area contributed by atoms with Gasteiger partial charge in [-0.15, -0.1) is 0 Å². The van der Waals surface area contributed by atoms with E-state index in [0.29, 0.717) is 40.3 Å². The number of H-pyrrole nitrogens is 2. The summed E-state index contributed by atoms with van der Waals surface area (Å²) in [6, 6.07) is 5.28. The Morgan fingerprint density at radius 3 is 2.57 bits per heavy atom. The monoisotopic (exact) mass is 402 g/mol. The summed E-state index contributed by atoms with van der Waals surface area (Å²) in [5.74, 6) is 0.398.